The first-order valence-electron chi connectivity index (χ1n) is 7.10. The minimum Gasteiger partial charge on any atom is -0.268 e. The predicted octanol–water partition coefficient (Wildman–Crippen LogP) is 4.47. The average Bonchev–Trinajstić information content (AvgIpc) is 2.72. The van der Waals surface area contributed by atoms with Crippen LogP contribution in [0.1, 0.15) is 32.3 Å². The molecule has 1 aromatic carbocycles. The van der Waals surface area contributed by atoms with Crippen molar-refractivity contribution in [2.75, 3.05) is 6.54 Å². The van der Waals surface area contributed by atoms with Gasteiger partial charge in [-0.3, -0.25) is 14.5 Å². The standard InChI is InChI=1S/C17H19NO2S/c1-3-4-10-18-16(19)15(21-17(18)20)12-13(2)11-14-8-6-5-7-9-14/h5-9,11-12H,3-4,10H2,1-2H3. The largest absolute Gasteiger partial charge is 0.293 e. The van der Waals surface area contributed by atoms with Crippen LogP contribution in [-0.2, 0) is 4.79 Å². The Hall–Kier alpha value is -1.81. The number of allylic oxidation sites excluding steroid dienone is 2. The zero-order chi connectivity index (χ0) is 15.2. The number of hydrogen-bond donors (Lipinski definition) is 0. The van der Waals surface area contributed by atoms with Crippen molar-refractivity contribution >= 4 is 29.0 Å². The van der Waals surface area contributed by atoms with Crippen molar-refractivity contribution in [2.45, 2.75) is 26.7 Å². The van der Waals surface area contributed by atoms with Gasteiger partial charge in [0.15, 0.2) is 0 Å². The highest BCUT2D eigenvalue weighted by atomic mass is 32.2. The first kappa shape index (κ1) is 15.6. The molecule has 0 aliphatic carbocycles. The summed E-state index contributed by atoms with van der Waals surface area (Å²) in [5, 5.41) is -0.160. The van der Waals surface area contributed by atoms with Gasteiger partial charge in [-0.2, -0.15) is 0 Å². The van der Waals surface area contributed by atoms with Crippen LogP contribution in [0.3, 0.4) is 0 Å². The van der Waals surface area contributed by atoms with Crippen molar-refractivity contribution < 1.29 is 9.59 Å². The van der Waals surface area contributed by atoms with Crippen molar-refractivity contribution in [3.8, 4) is 0 Å². The van der Waals surface area contributed by atoms with E-state index in [1.165, 1.54) is 4.90 Å². The lowest BCUT2D eigenvalue weighted by Gasteiger charge is -2.10. The molecule has 21 heavy (non-hydrogen) atoms. The Bertz CT molecular complexity index is 590. The Kier molecular flexibility index (Phi) is 5.39. The number of imide groups is 1. The van der Waals surface area contributed by atoms with Gasteiger partial charge < -0.3 is 0 Å². The van der Waals surface area contributed by atoms with Crippen molar-refractivity contribution in [1.82, 2.24) is 4.90 Å². The summed E-state index contributed by atoms with van der Waals surface area (Å²) >= 11 is 1.03. The fourth-order valence-corrected chi connectivity index (χ4v) is 2.98. The van der Waals surface area contributed by atoms with Crippen molar-refractivity contribution in [3.05, 3.63) is 52.4 Å². The van der Waals surface area contributed by atoms with Gasteiger partial charge in [0, 0.05) is 6.54 Å². The summed E-state index contributed by atoms with van der Waals surface area (Å²) in [7, 11) is 0. The van der Waals surface area contributed by atoms with Crippen LogP contribution in [0.4, 0.5) is 4.79 Å². The van der Waals surface area contributed by atoms with E-state index in [0.29, 0.717) is 11.4 Å². The summed E-state index contributed by atoms with van der Waals surface area (Å²) in [6, 6.07) is 9.91. The highest BCUT2D eigenvalue weighted by Crippen LogP contribution is 2.31. The van der Waals surface area contributed by atoms with Gasteiger partial charge in [-0.25, -0.2) is 0 Å². The first-order chi connectivity index (χ1) is 10.1. The zero-order valence-corrected chi connectivity index (χ0v) is 13.2. The van der Waals surface area contributed by atoms with Gasteiger partial charge in [-0.05, 0) is 42.3 Å². The quantitative estimate of drug-likeness (QED) is 0.753. The summed E-state index contributed by atoms with van der Waals surface area (Å²) in [6.07, 6.45) is 5.61. The second-order valence-corrected chi connectivity index (χ2v) is 5.98. The molecule has 1 fully saturated rings. The molecule has 2 rings (SSSR count). The molecule has 1 aromatic rings. The highest BCUT2D eigenvalue weighted by Gasteiger charge is 2.34. The Balaban J connectivity index is 2.13. The summed E-state index contributed by atoms with van der Waals surface area (Å²) in [4.78, 5) is 25.9. The first-order valence-corrected chi connectivity index (χ1v) is 7.92. The van der Waals surface area contributed by atoms with Crippen LogP contribution >= 0.6 is 11.8 Å². The van der Waals surface area contributed by atoms with Gasteiger partial charge >= 0.3 is 0 Å². The number of nitrogens with zero attached hydrogens (tertiary/aromatic N) is 1. The lowest BCUT2D eigenvalue weighted by molar-refractivity contribution is -0.122. The second-order valence-electron chi connectivity index (χ2n) is 4.99. The number of unbranched alkanes of at least 4 members (excludes halogenated alkanes) is 1. The van der Waals surface area contributed by atoms with Gasteiger partial charge in [-0.15, -0.1) is 0 Å². The van der Waals surface area contributed by atoms with Gasteiger partial charge in [0.2, 0.25) is 0 Å². The van der Waals surface area contributed by atoms with Crippen LogP contribution in [0.2, 0.25) is 0 Å². The van der Waals surface area contributed by atoms with Crippen molar-refractivity contribution in [2.24, 2.45) is 0 Å². The number of carbonyl (C=O) groups excluding carboxylic acids is 2. The number of carbonyl (C=O) groups is 2. The molecule has 0 unspecified atom stereocenters. The van der Waals surface area contributed by atoms with Crippen molar-refractivity contribution in [1.29, 1.82) is 0 Å². The molecule has 1 saturated heterocycles. The molecule has 1 aliphatic heterocycles. The molecule has 2 amide bonds. The zero-order valence-electron chi connectivity index (χ0n) is 12.3. The molecule has 110 valence electrons. The Labute approximate surface area is 129 Å². The molecule has 0 spiro atoms. The summed E-state index contributed by atoms with van der Waals surface area (Å²) in [5.41, 5.74) is 2.04. The summed E-state index contributed by atoms with van der Waals surface area (Å²) in [5.74, 6) is -0.167. The van der Waals surface area contributed by atoms with E-state index in [-0.39, 0.29) is 11.1 Å². The molecule has 0 aromatic heterocycles. The van der Waals surface area contributed by atoms with Crippen LogP contribution < -0.4 is 0 Å². The Morgan fingerprint density at radius 1 is 1.24 bits per heavy atom. The summed E-state index contributed by atoms with van der Waals surface area (Å²) in [6.45, 7) is 4.49. The fraction of sp³-hybridized carbons (Fsp3) is 0.294. The fourth-order valence-electron chi connectivity index (χ4n) is 2.07. The molecule has 3 nitrogen and oxygen atoms in total. The third-order valence-corrected chi connectivity index (χ3v) is 4.07. The number of rotatable bonds is 5. The van der Waals surface area contributed by atoms with E-state index >= 15 is 0 Å². The van der Waals surface area contributed by atoms with E-state index < -0.39 is 0 Å². The lowest BCUT2D eigenvalue weighted by atomic mass is 10.1. The minimum atomic E-state index is -0.167. The van der Waals surface area contributed by atoms with Crippen LogP contribution in [0.5, 0.6) is 0 Å². The molecule has 4 heteroatoms. The predicted molar refractivity (Wildman–Crippen MR) is 87.8 cm³/mol. The summed E-state index contributed by atoms with van der Waals surface area (Å²) < 4.78 is 0. The van der Waals surface area contributed by atoms with E-state index in [9.17, 15) is 9.59 Å². The number of benzene rings is 1. The lowest BCUT2D eigenvalue weighted by Crippen LogP contribution is -2.29. The molecular formula is C17H19NO2S. The number of thioether (sulfide) groups is 1. The molecular weight excluding hydrogens is 282 g/mol. The van der Waals surface area contributed by atoms with Gasteiger partial charge in [0.1, 0.15) is 0 Å². The third-order valence-electron chi connectivity index (χ3n) is 3.16. The minimum absolute atomic E-state index is 0.160. The van der Waals surface area contributed by atoms with Gasteiger partial charge in [0.05, 0.1) is 4.91 Å². The maximum absolute atomic E-state index is 12.2. The number of amides is 2. The van der Waals surface area contributed by atoms with E-state index in [0.717, 1.165) is 35.7 Å². The smallest absolute Gasteiger partial charge is 0.268 e. The molecule has 1 aliphatic rings. The molecule has 1 heterocycles. The van der Waals surface area contributed by atoms with Crippen LogP contribution in [0.15, 0.2) is 46.9 Å². The maximum Gasteiger partial charge on any atom is 0.293 e. The molecule has 0 N–H and O–H groups in total. The second kappa shape index (κ2) is 7.27. The van der Waals surface area contributed by atoms with Crippen molar-refractivity contribution in [3.63, 3.8) is 0 Å². The van der Waals surface area contributed by atoms with Gasteiger partial charge in [0.25, 0.3) is 11.1 Å². The maximum atomic E-state index is 12.2. The SMILES string of the molecule is CCCCN1C(=O)SC(=CC(C)=Cc2ccccc2)C1=O. The van der Waals surface area contributed by atoms with E-state index in [1.54, 1.807) is 6.08 Å². The number of hydrogen-bond acceptors (Lipinski definition) is 3. The Morgan fingerprint density at radius 2 is 1.95 bits per heavy atom. The average molecular weight is 301 g/mol. The van der Waals surface area contributed by atoms with Gasteiger partial charge in [-0.1, -0.05) is 49.8 Å². The van der Waals surface area contributed by atoms with E-state index in [4.69, 9.17) is 0 Å². The van der Waals surface area contributed by atoms with Crippen LogP contribution in [0, 0.1) is 0 Å². The van der Waals surface area contributed by atoms with E-state index in [2.05, 4.69) is 0 Å². The Morgan fingerprint density at radius 3 is 2.62 bits per heavy atom. The molecule has 0 radical (unpaired) electrons. The molecule has 0 saturated carbocycles. The highest BCUT2D eigenvalue weighted by molar-refractivity contribution is 8.18. The normalized spacial score (nSPS) is 17.9. The van der Waals surface area contributed by atoms with Crippen LogP contribution in [-0.4, -0.2) is 22.6 Å². The topological polar surface area (TPSA) is 37.4 Å². The van der Waals surface area contributed by atoms with E-state index in [1.807, 2.05) is 50.3 Å². The molecule has 0 bridgehead atoms. The monoisotopic (exact) mass is 301 g/mol. The third kappa shape index (κ3) is 4.08. The van der Waals surface area contributed by atoms with Crippen LogP contribution in [0.25, 0.3) is 6.08 Å². The molecule has 0 atom stereocenters.